The van der Waals surface area contributed by atoms with Gasteiger partial charge in [0.15, 0.2) is 0 Å². The third-order valence-electron chi connectivity index (χ3n) is 8.34. The highest BCUT2D eigenvalue weighted by molar-refractivity contribution is 6.30. The highest BCUT2D eigenvalue weighted by atomic mass is 35.5. The monoisotopic (exact) mass is 518 g/mol. The van der Waals surface area contributed by atoms with Gasteiger partial charge in [-0.1, -0.05) is 37.4 Å². The molecular weight excluding hydrogens is 484 g/mol. The van der Waals surface area contributed by atoms with Crippen LogP contribution in [-0.4, -0.2) is 69.8 Å². The van der Waals surface area contributed by atoms with E-state index in [2.05, 4.69) is 6.58 Å². The molecule has 3 saturated heterocycles. The molecule has 1 aromatic rings. The van der Waals surface area contributed by atoms with Gasteiger partial charge in [0, 0.05) is 30.4 Å². The molecule has 196 valence electrons. The number of rotatable bonds is 11. The minimum Gasteiger partial charge on any atom is -0.481 e. The summed E-state index contributed by atoms with van der Waals surface area (Å²) in [6.45, 7) is 8.15. The minimum absolute atomic E-state index is 0.108. The first kappa shape index (κ1) is 26.6. The second-order valence-corrected chi connectivity index (χ2v) is 10.9. The second-order valence-electron chi connectivity index (χ2n) is 10.4. The molecule has 8 nitrogen and oxygen atoms in total. The first-order valence-corrected chi connectivity index (χ1v) is 13.0. The van der Waals surface area contributed by atoms with E-state index in [0.29, 0.717) is 36.5 Å². The number of carbonyl (C=O) groups is 3. The molecule has 3 fully saturated rings. The van der Waals surface area contributed by atoms with Crippen molar-refractivity contribution in [1.29, 1.82) is 0 Å². The van der Waals surface area contributed by atoms with Crippen LogP contribution in [0, 0.1) is 17.8 Å². The van der Waals surface area contributed by atoms with Gasteiger partial charge in [0.2, 0.25) is 5.91 Å². The number of hydrogen-bond acceptors (Lipinski definition) is 5. The van der Waals surface area contributed by atoms with Crippen LogP contribution in [0.5, 0.6) is 0 Å². The van der Waals surface area contributed by atoms with E-state index in [9.17, 15) is 19.5 Å². The van der Waals surface area contributed by atoms with Crippen LogP contribution in [0.2, 0.25) is 5.02 Å². The molecule has 6 atom stereocenters. The summed E-state index contributed by atoms with van der Waals surface area (Å²) in [5.41, 5.74) is -1.62. The van der Waals surface area contributed by atoms with Crippen LogP contribution in [0.25, 0.3) is 0 Å². The van der Waals surface area contributed by atoms with Crippen LogP contribution >= 0.6 is 11.6 Å². The molecule has 3 unspecified atom stereocenters. The summed E-state index contributed by atoms with van der Waals surface area (Å²) in [6, 6.07) is 5.93. The van der Waals surface area contributed by atoms with Crippen LogP contribution in [0.15, 0.2) is 36.9 Å². The van der Waals surface area contributed by atoms with Gasteiger partial charge in [-0.15, -0.1) is 6.58 Å². The number of aliphatic hydroxyl groups excluding tert-OH is 1. The number of hydrogen-bond donors (Lipinski definition) is 2. The predicted molar refractivity (Wildman–Crippen MR) is 136 cm³/mol. The molecule has 2 bridgehead atoms. The summed E-state index contributed by atoms with van der Waals surface area (Å²) in [6.07, 6.45) is 4.96. The number of ether oxygens (including phenoxy) is 1. The van der Waals surface area contributed by atoms with Crippen molar-refractivity contribution in [1.82, 2.24) is 4.90 Å². The Morgan fingerprint density at radius 1 is 1.25 bits per heavy atom. The number of amides is 2. The van der Waals surface area contributed by atoms with Crippen molar-refractivity contribution in [3.05, 3.63) is 41.9 Å². The van der Waals surface area contributed by atoms with Crippen LogP contribution in [0.3, 0.4) is 0 Å². The van der Waals surface area contributed by atoms with E-state index in [1.807, 2.05) is 6.92 Å². The SMILES string of the molecule is C=CCN(C(=O)C1N(CCCCCCO)C(=O)[C@@H]2[C@@H](C(=O)O)[C@]3(C)OC12CC3C)c1ccc(Cl)cc1. The van der Waals surface area contributed by atoms with E-state index >= 15 is 0 Å². The molecule has 3 heterocycles. The summed E-state index contributed by atoms with van der Waals surface area (Å²) in [7, 11) is 0. The zero-order valence-corrected chi connectivity index (χ0v) is 21.6. The second kappa shape index (κ2) is 10.1. The Hall–Kier alpha value is -2.42. The van der Waals surface area contributed by atoms with E-state index < -0.39 is 35.0 Å². The number of aliphatic hydroxyl groups is 1. The van der Waals surface area contributed by atoms with Crippen LogP contribution in [-0.2, 0) is 19.1 Å². The summed E-state index contributed by atoms with van der Waals surface area (Å²) in [5, 5.41) is 19.8. The molecular formula is C27H35ClN2O6. The number of carboxylic acid groups (broad SMARTS) is 1. The van der Waals surface area contributed by atoms with Gasteiger partial charge in [-0.2, -0.15) is 0 Å². The Morgan fingerprint density at radius 3 is 2.53 bits per heavy atom. The summed E-state index contributed by atoms with van der Waals surface area (Å²) < 4.78 is 6.55. The fourth-order valence-corrected chi connectivity index (χ4v) is 6.73. The number of fused-ring (bicyclic) bond motifs is 1. The van der Waals surface area contributed by atoms with Gasteiger partial charge in [-0.3, -0.25) is 14.4 Å². The molecule has 4 rings (SSSR count). The number of nitrogens with zero attached hydrogens (tertiary/aromatic N) is 2. The quantitative estimate of drug-likeness (QED) is 0.343. The van der Waals surface area contributed by atoms with E-state index in [4.69, 9.17) is 21.4 Å². The number of aliphatic carboxylic acids is 1. The highest BCUT2D eigenvalue weighted by Crippen LogP contribution is 2.65. The van der Waals surface area contributed by atoms with Crippen molar-refractivity contribution in [3.8, 4) is 0 Å². The lowest BCUT2D eigenvalue weighted by molar-refractivity contribution is -0.156. The highest BCUT2D eigenvalue weighted by Gasteiger charge is 2.80. The first-order chi connectivity index (χ1) is 17.1. The summed E-state index contributed by atoms with van der Waals surface area (Å²) >= 11 is 6.07. The first-order valence-electron chi connectivity index (χ1n) is 12.6. The number of halogens is 1. The van der Waals surface area contributed by atoms with E-state index in [0.717, 1.165) is 12.8 Å². The zero-order chi connectivity index (χ0) is 26.3. The molecule has 9 heteroatoms. The number of likely N-dealkylation sites (tertiary alicyclic amines) is 1. The summed E-state index contributed by atoms with van der Waals surface area (Å²) in [4.78, 5) is 43.7. The lowest BCUT2D eigenvalue weighted by Gasteiger charge is -2.37. The third-order valence-corrected chi connectivity index (χ3v) is 8.59. The van der Waals surface area contributed by atoms with Gasteiger partial charge in [-0.25, -0.2) is 0 Å². The number of anilines is 1. The van der Waals surface area contributed by atoms with Gasteiger partial charge in [-0.05, 0) is 56.4 Å². The average Bonchev–Trinajstić information content (AvgIpc) is 3.34. The van der Waals surface area contributed by atoms with Crippen LogP contribution in [0.4, 0.5) is 5.69 Å². The van der Waals surface area contributed by atoms with E-state index in [1.165, 1.54) is 0 Å². The smallest absolute Gasteiger partial charge is 0.310 e. The van der Waals surface area contributed by atoms with Crippen LogP contribution in [0.1, 0.15) is 46.0 Å². The molecule has 0 saturated carbocycles. The molecule has 3 aliphatic rings. The minimum atomic E-state index is -1.21. The van der Waals surface area contributed by atoms with Gasteiger partial charge in [0.25, 0.3) is 5.91 Å². The lowest BCUT2D eigenvalue weighted by Crippen LogP contribution is -2.56. The number of carbonyl (C=O) groups excluding carboxylic acids is 2. The molecule has 0 radical (unpaired) electrons. The Bertz CT molecular complexity index is 1030. The molecule has 36 heavy (non-hydrogen) atoms. The van der Waals surface area contributed by atoms with Gasteiger partial charge >= 0.3 is 5.97 Å². The molecule has 1 spiro atoms. The number of carboxylic acids is 1. The van der Waals surface area contributed by atoms with E-state index in [1.54, 1.807) is 47.1 Å². The molecule has 1 aromatic carbocycles. The largest absolute Gasteiger partial charge is 0.481 e. The molecule has 0 aromatic heterocycles. The van der Waals surface area contributed by atoms with Crippen molar-refractivity contribution >= 4 is 35.1 Å². The van der Waals surface area contributed by atoms with Crippen molar-refractivity contribution in [2.45, 2.75) is 63.2 Å². The van der Waals surface area contributed by atoms with E-state index in [-0.39, 0.29) is 30.9 Å². The van der Waals surface area contributed by atoms with Gasteiger partial charge < -0.3 is 24.7 Å². The molecule has 3 aliphatic heterocycles. The van der Waals surface area contributed by atoms with Crippen LogP contribution < -0.4 is 4.90 Å². The van der Waals surface area contributed by atoms with Crippen molar-refractivity contribution in [3.63, 3.8) is 0 Å². The van der Waals surface area contributed by atoms with Gasteiger partial charge in [0.1, 0.15) is 17.6 Å². The Balaban J connectivity index is 1.75. The zero-order valence-electron chi connectivity index (χ0n) is 20.9. The number of benzene rings is 1. The molecule has 2 amide bonds. The van der Waals surface area contributed by atoms with Crippen molar-refractivity contribution < 1.29 is 29.3 Å². The molecule has 2 N–H and O–H groups in total. The normalized spacial score (nSPS) is 32.6. The fourth-order valence-electron chi connectivity index (χ4n) is 6.60. The predicted octanol–water partition coefficient (Wildman–Crippen LogP) is 3.51. The summed E-state index contributed by atoms with van der Waals surface area (Å²) in [5.74, 6) is -3.78. The van der Waals surface area contributed by atoms with Gasteiger partial charge in [0.05, 0.1) is 11.5 Å². The fraction of sp³-hybridized carbons (Fsp3) is 0.593. The van der Waals surface area contributed by atoms with Crippen molar-refractivity contribution in [2.24, 2.45) is 17.8 Å². The Kier molecular flexibility index (Phi) is 7.51. The number of unbranched alkanes of at least 4 members (excludes halogenated alkanes) is 3. The average molecular weight is 519 g/mol. The lowest BCUT2D eigenvalue weighted by atomic mass is 9.62. The maximum Gasteiger partial charge on any atom is 0.310 e. The third kappa shape index (κ3) is 4.13. The standard InChI is InChI=1S/C27H35ClN2O6/c1-4-13-29(19-11-9-18(28)10-12-19)24(33)22-27-16-17(2)26(3,36-27)21(25(34)35)20(27)23(32)30(22)14-7-5-6-8-15-31/h4,9-12,17,20-22,31H,1,5-8,13-16H2,2-3H3,(H,34,35)/t17?,20-,21-,22?,26+,27?/m0/s1. The molecule has 0 aliphatic carbocycles. The Morgan fingerprint density at radius 2 is 1.92 bits per heavy atom. The topological polar surface area (TPSA) is 107 Å². The van der Waals surface area contributed by atoms with Crippen molar-refractivity contribution in [2.75, 3.05) is 24.6 Å². The maximum atomic E-state index is 14.3. The maximum absolute atomic E-state index is 14.3. The Labute approximate surface area is 216 Å².